The molecule has 1 aromatic rings. The predicted octanol–water partition coefficient (Wildman–Crippen LogP) is 3.01. The molecule has 0 aliphatic rings. The number of halogens is 1. The molecule has 0 saturated carbocycles. The second-order valence-electron chi connectivity index (χ2n) is 4.91. The second-order valence-corrected chi connectivity index (χ2v) is 5.34. The van der Waals surface area contributed by atoms with Gasteiger partial charge in [0.05, 0.1) is 11.3 Å². The maximum absolute atomic E-state index is 8.95. The number of nitriles is 1. The van der Waals surface area contributed by atoms with E-state index in [9.17, 15) is 0 Å². The quantitative estimate of drug-likeness (QED) is 0.809. The van der Waals surface area contributed by atoms with Crippen LogP contribution in [-0.4, -0.2) is 18.6 Å². The lowest BCUT2D eigenvalue weighted by Gasteiger charge is -2.20. The van der Waals surface area contributed by atoms with E-state index >= 15 is 0 Å². The molecule has 0 amide bonds. The molecule has 1 rings (SSSR count). The van der Waals surface area contributed by atoms with Crippen LogP contribution in [0.3, 0.4) is 0 Å². The van der Waals surface area contributed by atoms with E-state index in [2.05, 4.69) is 37.5 Å². The lowest BCUT2D eigenvalue weighted by molar-refractivity contribution is 0.435. The Morgan fingerprint density at radius 3 is 2.59 bits per heavy atom. The molecule has 0 radical (unpaired) electrons. The third kappa shape index (κ3) is 5.08. The van der Waals surface area contributed by atoms with Crippen LogP contribution in [0, 0.1) is 11.3 Å². The van der Waals surface area contributed by atoms with E-state index in [4.69, 9.17) is 16.9 Å². The average Bonchev–Trinajstić information content (AvgIpc) is 2.23. The molecule has 0 fully saturated rings. The first kappa shape index (κ1) is 13.8. The second kappa shape index (κ2) is 5.90. The van der Waals surface area contributed by atoms with Crippen molar-refractivity contribution in [3.63, 3.8) is 0 Å². The van der Waals surface area contributed by atoms with Gasteiger partial charge in [0, 0.05) is 23.7 Å². The van der Waals surface area contributed by atoms with Crippen LogP contribution >= 0.6 is 11.6 Å². The fraction of sp³-hybridized carbons (Fsp3) is 0.462. The first-order valence-electron chi connectivity index (χ1n) is 5.61. The van der Waals surface area contributed by atoms with Gasteiger partial charge in [0.25, 0.3) is 0 Å². The number of nitrogens with one attached hydrogen (secondary N) is 2. The highest BCUT2D eigenvalue weighted by Crippen LogP contribution is 2.19. The van der Waals surface area contributed by atoms with Crippen LogP contribution in [-0.2, 0) is 0 Å². The standard InChI is InChI=1S/C13H18ClN3/c1-13(2,3)17-7-6-16-12-8-11(14)5-4-10(12)9-15/h4-5,8,16-17H,6-7H2,1-3H3. The van der Waals surface area contributed by atoms with E-state index in [1.54, 1.807) is 18.2 Å². The van der Waals surface area contributed by atoms with E-state index in [-0.39, 0.29) is 5.54 Å². The third-order valence-corrected chi connectivity index (χ3v) is 2.43. The van der Waals surface area contributed by atoms with Gasteiger partial charge in [0.1, 0.15) is 6.07 Å². The van der Waals surface area contributed by atoms with E-state index < -0.39 is 0 Å². The molecule has 2 N–H and O–H groups in total. The number of nitrogens with zero attached hydrogens (tertiary/aromatic N) is 1. The van der Waals surface area contributed by atoms with Gasteiger partial charge in [-0.25, -0.2) is 0 Å². The molecule has 0 heterocycles. The zero-order valence-electron chi connectivity index (χ0n) is 10.5. The summed E-state index contributed by atoms with van der Waals surface area (Å²) in [5.41, 5.74) is 1.51. The van der Waals surface area contributed by atoms with Crippen LogP contribution in [0.4, 0.5) is 5.69 Å². The summed E-state index contributed by atoms with van der Waals surface area (Å²) < 4.78 is 0. The van der Waals surface area contributed by atoms with Crippen molar-refractivity contribution in [3.05, 3.63) is 28.8 Å². The minimum atomic E-state index is 0.105. The molecule has 92 valence electrons. The van der Waals surface area contributed by atoms with Gasteiger partial charge in [-0.05, 0) is 39.0 Å². The largest absolute Gasteiger partial charge is 0.383 e. The molecule has 0 aromatic heterocycles. The smallest absolute Gasteiger partial charge is 0.101 e. The minimum Gasteiger partial charge on any atom is -0.383 e. The Bertz CT molecular complexity index is 416. The van der Waals surface area contributed by atoms with E-state index in [1.807, 2.05) is 0 Å². The highest BCUT2D eigenvalue weighted by Gasteiger charge is 2.07. The number of benzene rings is 1. The zero-order chi connectivity index (χ0) is 12.9. The van der Waals surface area contributed by atoms with Crippen molar-refractivity contribution in [2.75, 3.05) is 18.4 Å². The number of hydrogen-bond donors (Lipinski definition) is 2. The molecule has 0 unspecified atom stereocenters. The highest BCUT2D eigenvalue weighted by atomic mass is 35.5. The summed E-state index contributed by atoms with van der Waals surface area (Å²) in [6.45, 7) is 7.94. The minimum absolute atomic E-state index is 0.105. The summed E-state index contributed by atoms with van der Waals surface area (Å²) in [4.78, 5) is 0. The topological polar surface area (TPSA) is 47.8 Å². The molecule has 0 spiro atoms. The van der Waals surface area contributed by atoms with Crippen molar-refractivity contribution >= 4 is 17.3 Å². The Morgan fingerprint density at radius 1 is 1.29 bits per heavy atom. The number of anilines is 1. The molecule has 17 heavy (non-hydrogen) atoms. The third-order valence-electron chi connectivity index (χ3n) is 2.20. The van der Waals surface area contributed by atoms with E-state index in [0.717, 1.165) is 18.8 Å². The summed E-state index contributed by atoms with van der Waals surface area (Å²) in [5, 5.41) is 16.2. The summed E-state index contributed by atoms with van der Waals surface area (Å²) >= 11 is 5.89. The lowest BCUT2D eigenvalue weighted by atomic mass is 10.1. The molecule has 0 saturated heterocycles. The summed E-state index contributed by atoms with van der Waals surface area (Å²) in [6, 6.07) is 7.36. The van der Waals surface area contributed by atoms with Crippen molar-refractivity contribution in [1.29, 1.82) is 5.26 Å². The maximum atomic E-state index is 8.95. The van der Waals surface area contributed by atoms with Gasteiger partial charge >= 0.3 is 0 Å². The van der Waals surface area contributed by atoms with E-state index in [1.165, 1.54) is 0 Å². The summed E-state index contributed by atoms with van der Waals surface area (Å²) in [6.07, 6.45) is 0. The van der Waals surface area contributed by atoms with Crippen LogP contribution in [0.1, 0.15) is 26.3 Å². The summed E-state index contributed by atoms with van der Waals surface area (Å²) in [5.74, 6) is 0. The molecule has 1 aromatic carbocycles. The Hall–Kier alpha value is -1.24. The molecule has 0 aliphatic carbocycles. The van der Waals surface area contributed by atoms with Crippen LogP contribution < -0.4 is 10.6 Å². The SMILES string of the molecule is CC(C)(C)NCCNc1cc(Cl)ccc1C#N. The van der Waals surface area contributed by atoms with Crippen LogP contribution in [0.5, 0.6) is 0 Å². The predicted molar refractivity (Wildman–Crippen MR) is 72.4 cm³/mol. The molecule has 0 aliphatic heterocycles. The van der Waals surface area contributed by atoms with Crippen molar-refractivity contribution in [1.82, 2.24) is 5.32 Å². The number of hydrogen-bond acceptors (Lipinski definition) is 3. The van der Waals surface area contributed by atoms with Gasteiger partial charge in [0.15, 0.2) is 0 Å². The molecule has 3 nitrogen and oxygen atoms in total. The van der Waals surface area contributed by atoms with Gasteiger partial charge in [-0.1, -0.05) is 11.6 Å². The van der Waals surface area contributed by atoms with Gasteiger partial charge in [0.2, 0.25) is 0 Å². The maximum Gasteiger partial charge on any atom is 0.101 e. The Morgan fingerprint density at radius 2 is 2.00 bits per heavy atom. The van der Waals surface area contributed by atoms with Crippen LogP contribution in [0.2, 0.25) is 5.02 Å². The van der Waals surface area contributed by atoms with Crippen molar-refractivity contribution < 1.29 is 0 Å². The summed E-state index contributed by atoms with van der Waals surface area (Å²) in [7, 11) is 0. The molecular formula is C13H18ClN3. The Kier molecular flexibility index (Phi) is 4.80. The Labute approximate surface area is 108 Å². The average molecular weight is 252 g/mol. The molecule has 0 bridgehead atoms. The highest BCUT2D eigenvalue weighted by molar-refractivity contribution is 6.30. The fourth-order valence-electron chi connectivity index (χ4n) is 1.39. The van der Waals surface area contributed by atoms with Crippen LogP contribution in [0.25, 0.3) is 0 Å². The van der Waals surface area contributed by atoms with Gasteiger partial charge in [-0.15, -0.1) is 0 Å². The normalized spacial score (nSPS) is 11.0. The molecule has 0 atom stereocenters. The van der Waals surface area contributed by atoms with Gasteiger partial charge < -0.3 is 10.6 Å². The first-order chi connectivity index (χ1) is 7.92. The van der Waals surface area contributed by atoms with Crippen molar-refractivity contribution in [2.45, 2.75) is 26.3 Å². The molecular weight excluding hydrogens is 234 g/mol. The fourth-order valence-corrected chi connectivity index (χ4v) is 1.57. The lowest BCUT2D eigenvalue weighted by Crippen LogP contribution is -2.38. The van der Waals surface area contributed by atoms with Crippen LogP contribution in [0.15, 0.2) is 18.2 Å². The Balaban J connectivity index is 2.52. The zero-order valence-corrected chi connectivity index (χ0v) is 11.2. The number of rotatable bonds is 4. The molecule has 4 heteroatoms. The first-order valence-corrected chi connectivity index (χ1v) is 5.99. The van der Waals surface area contributed by atoms with Gasteiger partial charge in [-0.3, -0.25) is 0 Å². The van der Waals surface area contributed by atoms with E-state index in [0.29, 0.717) is 10.6 Å². The van der Waals surface area contributed by atoms with Crippen molar-refractivity contribution in [3.8, 4) is 6.07 Å². The van der Waals surface area contributed by atoms with Gasteiger partial charge in [-0.2, -0.15) is 5.26 Å². The van der Waals surface area contributed by atoms with Crippen molar-refractivity contribution in [2.24, 2.45) is 0 Å². The monoisotopic (exact) mass is 251 g/mol.